The van der Waals surface area contributed by atoms with Gasteiger partial charge in [-0.2, -0.15) is 0 Å². The molecule has 0 saturated heterocycles. The summed E-state index contributed by atoms with van der Waals surface area (Å²) in [6, 6.07) is 5.13. The molecule has 0 atom stereocenters. The van der Waals surface area contributed by atoms with E-state index in [0.29, 0.717) is 0 Å². The van der Waals surface area contributed by atoms with Crippen molar-refractivity contribution in [3.63, 3.8) is 0 Å². The molecule has 0 nitrogen and oxygen atoms in total. The molecule has 0 aromatic heterocycles. The first-order chi connectivity index (χ1) is 11.7. The Bertz CT molecular complexity index is 204. The molecule has 0 saturated carbocycles. The normalized spacial score (nSPS) is 12.5. The van der Waals surface area contributed by atoms with Gasteiger partial charge in [0.05, 0.1) is 0 Å². The second kappa shape index (κ2) is 18.2. The largest absolute Gasteiger partial charge is 0.0766 e. The number of rotatable bonds is 19. The maximum atomic E-state index is 2.68. The summed E-state index contributed by atoms with van der Waals surface area (Å²) in [5.74, 6) is 0. The minimum atomic E-state index is -0.811. The molecule has 0 fully saturated rings. The van der Waals surface area contributed by atoms with Crippen LogP contribution >= 0.6 is 0 Å². The van der Waals surface area contributed by atoms with Crippen molar-refractivity contribution in [3.05, 3.63) is 0 Å². The zero-order valence-corrected chi connectivity index (χ0v) is 20.3. The molecule has 0 aromatic rings. The van der Waals surface area contributed by atoms with Crippen molar-refractivity contribution >= 4 is 16.6 Å². The highest BCUT2D eigenvalue weighted by molar-refractivity contribution is 7.24. The summed E-state index contributed by atoms with van der Waals surface area (Å²) < 4.78 is 0. The summed E-state index contributed by atoms with van der Waals surface area (Å²) in [5.41, 5.74) is 0. The van der Waals surface area contributed by atoms with Crippen molar-refractivity contribution in [1.29, 1.82) is 0 Å². The van der Waals surface area contributed by atoms with E-state index in [-0.39, 0.29) is 9.04 Å². The second-order valence-corrected chi connectivity index (χ2v) is 20.2. The molecule has 0 rings (SSSR count). The molecule has 0 radical (unpaired) electrons. The van der Waals surface area contributed by atoms with Crippen molar-refractivity contribution < 1.29 is 0 Å². The summed E-state index contributed by atoms with van der Waals surface area (Å²) in [7, 11) is -0.570. The number of hydrogen-bond acceptors (Lipinski definition) is 0. The van der Waals surface area contributed by atoms with Gasteiger partial charge in [0.15, 0.2) is 0 Å². The Kier molecular flexibility index (Phi) is 18.6. The summed E-state index contributed by atoms with van der Waals surface area (Å²) in [4.78, 5) is 0. The van der Waals surface area contributed by atoms with E-state index in [9.17, 15) is 0 Å². The molecule has 0 amide bonds. The number of hydrogen-bond donors (Lipinski definition) is 0. The first-order valence-corrected chi connectivity index (χ1v) is 18.1. The van der Waals surface area contributed by atoms with Crippen molar-refractivity contribution in [2.24, 2.45) is 0 Å². The van der Waals surface area contributed by atoms with Crippen LogP contribution in [0.25, 0.3) is 0 Å². The Hall–Kier alpha value is 0.434. The summed E-state index contributed by atoms with van der Waals surface area (Å²) in [5, 5.41) is 0. The van der Waals surface area contributed by atoms with Crippen molar-refractivity contribution in [2.45, 2.75) is 142 Å². The molecule has 0 spiro atoms. The van der Waals surface area contributed by atoms with Crippen LogP contribution in [0, 0.1) is 0 Å². The van der Waals surface area contributed by atoms with Gasteiger partial charge in [0.25, 0.3) is 0 Å². The van der Waals surface area contributed by atoms with Crippen molar-refractivity contribution in [1.82, 2.24) is 0 Å². The summed E-state index contributed by atoms with van der Waals surface area (Å²) >= 11 is 0. The highest BCUT2D eigenvalue weighted by Gasteiger charge is 2.29. The molecular formula is C22H50Si2. The van der Waals surface area contributed by atoms with Crippen LogP contribution in [0.2, 0.25) is 24.7 Å². The van der Waals surface area contributed by atoms with E-state index >= 15 is 0 Å². The van der Waals surface area contributed by atoms with Gasteiger partial charge in [-0.15, -0.1) is 0 Å². The summed E-state index contributed by atoms with van der Waals surface area (Å²) in [6.07, 6.45) is 22.4. The molecule has 2 heteroatoms. The van der Waals surface area contributed by atoms with Gasteiger partial charge in [-0.3, -0.25) is 0 Å². The maximum absolute atomic E-state index is 2.68. The molecule has 146 valence electrons. The Labute approximate surface area is 158 Å². The van der Waals surface area contributed by atoms with E-state index in [1.807, 2.05) is 0 Å². The Balaban J connectivity index is 4.23. The van der Waals surface area contributed by atoms with Crippen LogP contribution in [0.4, 0.5) is 0 Å². The van der Waals surface area contributed by atoms with Crippen LogP contribution in [0.1, 0.15) is 117 Å². The van der Waals surface area contributed by atoms with Gasteiger partial charge in [0.1, 0.15) is 0 Å². The van der Waals surface area contributed by atoms with Gasteiger partial charge >= 0.3 is 0 Å². The fourth-order valence-corrected chi connectivity index (χ4v) is 14.5. The van der Waals surface area contributed by atoms with Crippen molar-refractivity contribution in [3.8, 4) is 0 Å². The van der Waals surface area contributed by atoms with Crippen LogP contribution in [0.5, 0.6) is 0 Å². The third-order valence-electron chi connectivity index (χ3n) is 6.18. The first kappa shape index (κ1) is 24.4. The molecule has 0 unspecified atom stereocenters. The van der Waals surface area contributed by atoms with Gasteiger partial charge in [0, 0.05) is 16.6 Å². The van der Waals surface area contributed by atoms with Gasteiger partial charge in [-0.05, 0) is 0 Å². The van der Waals surface area contributed by atoms with Gasteiger partial charge in [-0.25, -0.2) is 0 Å². The lowest BCUT2D eigenvalue weighted by Crippen LogP contribution is -2.40. The highest BCUT2D eigenvalue weighted by Crippen LogP contribution is 2.29. The van der Waals surface area contributed by atoms with Crippen molar-refractivity contribution in [2.75, 3.05) is 0 Å². The molecule has 0 aliphatic carbocycles. The smallest absolute Gasteiger partial charge is 0.0398 e. The third kappa shape index (κ3) is 13.7. The van der Waals surface area contributed by atoms with Gasteiger partial charge in [0.2, 0.25) is 0 Å². The van der Waals surface area contributed by atoms with Crippen LogP contribution in [-0.2, 0) is 0 Å². The fourth-order valence-electron chi connectivity index (χ4n) is 4.22. The van der Waals surface area contributed by atoms with Crippen LogP contribution in [-0.4, -0.2) is 16.6 Å². The van der Waals surface area contributed by atoms with Crippen LogP contribution < -0.4 is 0 Å². The standard InChI is InChI=1S/C22H50Si2/c1-5-8-11-14-17-20-24(23-4,21-18-15-12-9-6-2)22-19-16-13-10-7-3/h5-23H2,1-4H3. The topological polar surface area (TPSA) is 0 Å². The molecule has 0 heterocycles. The van der Waals surface area contributed by atoms with Gasteiger partial charge in [-0.1, -0.05) is 142 Å². The fraction of sp³-hybridized carbons (Fsp3) is 1.00. The van der Waals surface area contributed by atoms with E-state index in [4.69, 9.17) is 0 Å². The van der Waals surface area contributed by atoms with Crippen LogP contribution in [0.3, 0.4) is 0 Å². The zero-order valence-electron chi connectivity index (χ0n) is 17.9. The molecule has 0 aliphatic rings. The lowest BCUT2D eigenvalue weighted by molar-refractivity contribution is 0.634. The molecule has 24 heavy (non-hydrogen) atoms. The van der Waals surface area contributed by atoms with Gasteiger partial charge < -0.3 is 0 Å². The highest BCUT2D eigenvalue weighted by atomic mass is 29.2. The maximum Gasteiger partial charge on any atom is 0.0398 e. The van der Waals surface area contributed by atoms with E-state index in [1.165, 1.54) is 77.0 Å². The average molecular weight is 371 g/mol. The Morgan fingerprint density at radius 2 is 0.750 bits per heavy atom. The quantitative estimate of drug-likeness (QED) is 0.159. The first-order valence-electron chi connectivity index (χ1n) is 11.7. The average Bonchev–Trinajstić information content (AvgIpc) is 2.60. The molecular weight excluding hydrogens is 320 g/mol. The zero-order chi connectivity index (χ0) is 17.9. The Morgan fingerprint density at radius 3 is 1.00 bits per heavy atom. The van der Waals surface area contributed by atoms with E-state index in [1.54, 1.807) is 37.4 Å². The minimum absolute atomic E-state index is 0.242. The second-order valence-electron chi connectivity index (χ2n) is 8.35. The Morgan fingerprint density at radius 1 is 0.458 bits per heavy atom. The molecule has 0 aliphatic heterocycles. The monoisotopic (exact) mass is 370 g/mol. The van der Waals surface area contributed by atoms with E-state index in [0.717, 1.165) is 0 Å². The minimum Gasteiger partial charge on any atom is -0.0766 e. The predicted octanol–water partition coefficient (Wildman–Crippen LogP) is 8.06. The molecule has 0 bridgehead atoms. The number of unbranched alkanes of at least 4 members (excludes halogenated alkanes) is 12. The lowest BCUT2D eigenvalue weighted by Gasteiger charge is -2.31. The molecule has 0 N–H and O–H groups in total. The lowest BCUT2D eigenvalue weighted by atomic mass is 10.2. The van der Waals surface area contributed by atoms with E-state index < -0.39 is 7.59 Å². The van der Waals surface area contributed by atoms with Crippen LogP contribution in [0.15, 0.2) is 0 Å². The SMILES string of the molecule is CCCCCCC[Si](CCCCCCC)(CCCCCCC)[SiH2]C. The third-order valence-corrected chi connectivity index (χ3v) is 19.6. The van der Waals surface area contributed by atoms with E-state index in [2.05, 4.69) is 27.3 Å². The summed E-state index contributed by atoms with van der Waals surface area (Å²) in [6.45, 7) is 9.69. The predicted molar refractivity (Wildman–Crippen MR) is 121 cm³/mol. The molecule has 0 aromatic carbocycles.